The molecule has 2 aromatic carbocycles. The van der Waals surface area contributed by atoms with E-state index in [4.69, 9.17) is 20.9 Å². The van der Waals surface area contributed by atoms with Gasteiger partial charge in [-0.25, -0.2) is 9.78 Å². The number of nitrogens with one attached hydrogen (secondary N) is 1. The number of aromatic nitrogens is 3. The summed E-state index contributed by atoms with van der Waals surface area (Å²) in [6, 6.07) is 20.0. The van der Waals surface area contributed by atoms with Gasteiger partial charge in [-0.2, -0.15) is 0 Å². The number of anilines is 2. The number of rotatable bonds is 6. The first-order chi connectivity index (χ1) is 21.0. The molecule has 11 nitrogen and oxygen atoms in total. The van der Waals surface area contributed by atoms with Crippen LogP contribution < -0.4 is 10.2 Å². The van der Waals surface area contributed by atoms with Gasteiger partial charge in [0.2, 0.25) is 11.7 Å². The highest BCUT2D eigenvalue weighted by Crippen LogP contribution is 2.32. The van der Waals surface area contributed by atoms with Crippen LogP contribution in [0.5, 0.6) is 0 Å². The lowest BCUT2D eigenvalue weighted by Crippen LogP contribution is -2.53. The second-order valence-electron chi connectivity index (χ2n) is 11.2. The summed E-state index contributed by atoms with van der Waals surface area (Å²) in [5, 5.41) is 7.12. The number of imidazole rings is 1. The molecule has 1 fully saturated rings. The summed E-state index contributed by atoms with van der Waals surface area (Å²) in [6.07, 6.45) is -0.508. The van der Waals surface area contributed by atoms with E-state index in [1.807, 2.05) is 36.4 Å². The lowest BCUT2D eigenvalue weighted by molar-refractivity contribution is -0.121. The second-order valence-corrected chi connectivity index (χ2v) is 13.0. The fourth-order valence-corrected chi connectivity index (χ4v) is 5.85. The molecule has 1 aliphatic rings. The molecule has 0 atom stereocenters. The highest BCUT2D eigenvalue weighted by Gasteiger charge is 2.31. The molecular formula is C31H29ClN6O5S. The fraction of sp³-hybridized carbons (Fsp3) is 0.258. The van der Waals surface area contributed by atoms with E-state index in [1.54, 1.807) is 60.6 Å². The molecule has 4 heterocycles. The highest BCUT2D eigenvalue weighted by molar-refractivity contribution is 7.19. The number of hydrogen-bond donors (Lipinski definition) is 1. The van der Waals surface area contributed by atoms with Gasteiger partial charge in [-0.05, 0) is 69.3 Å². The quantitative estimate of drug-likeness (QED) is 0.233. The third-order valence-electron chi connectivity index (χ3n) is 6.86. The molecule has 1 aliphatic heterocycles. The molecule has 0 bridgehead atoms. The Morgan fingerprint density at radius 3 is 2.55 bits per heavy atom. The zero-order valence-electron chi connectivity index (χ0n) is 24.2. The maximum Gasteiger partial charge on any atom is 0.410 e. The number of piperazine rings is 1. The van der Waals surface area contributed by atoms with Crippen LogP contribution in [0.3, 0.4) is 0 Å². The summed E-state index contributed by atoms with van der Waals surface area (Å²) in [5.41, 5.74) is 2.64. The van der Waals surface area contributed by atoms with Crippen LogP contribution in [0.2, 0.25) is 4.34 Å². The molecular weight excluding hydrogens is 604 g/mol. The molecule has 1 saturated heterocycles. The monoisotopic (exact) mass is 632 g/mol. The molecule has 44 heavy (non-hydrogen) atoms. The average molecular weight is 633 g/mol. The van der Waals surface area contributed by atoms with Gasteiger partial charge in [0.25, 0.3) is 5.91 Å². The van der Waals surface area contributed by atoms with Gasteiger partial charge in [0.1, 0.15) is 17.8 Å². The molecule has 0 spiro atoms. The van der Waals surface area contributed by atoms with E-state index in [-0.39, 0.29) is 24.8 Å². The van der Waals surface area contributed by atoms with E-state index < -0.39 is 17.6 Å². The Labute approximate surface area is 262 Å². The maximum absolute atomic E-state index is 13.5. The Balaban J connectivity index is 1.16. The lowest BCUT2D eigenvalue weighted by atomic mass is 10.2. The van der Waals surface area contributed by atoms with Crippen molar-refractivity contribution in [2.24, 2.45) is 0 Å². The van der Waals surface area contributed by atoms with Gasteiger partial charge in [0, 0.05) is 30.5 Å². The van der Waals surface area contributed by atoms with Crippen LogP contribution in [0.4, 0.5) is 16.2 Å². The summed E-state index contributed by atoms with van der Waals surface area (Å²) >= 11 is 7.47. The number of amides is 3. The first-order valence-electron chi connectivity index (χ1n) is 13.9. The number of carbonyl (C=O) groups is 3. The molecule has 3 aromatic heterocycles. The zero-order valence-corrected chi connectivity index (χ0v) is 25.8. The van der Waals surface area contributed by atoms with Crippen molar-refractivity contribution in [3.8, 4) is 10.6 Å². The molecule has 5 aromatic rings. The predicted molar refractivity (Wildman–Crippen MR) is 168 cm³/mol. The number of ether oxygens (including phenoxy) is 1. The van der Waals surface area contributed by atoms with Crippen molar-refractivity contribution < 1.29 is 23.6 Å². The number of benzene rings is 2. The van der Waals surface area contributed by atoms with Gasteiger partial charge in [-0.3, -0.25) is 14.5 Å². The first kappa shape index (κ1) is 29.4. The van der Waals surface area contributed by atoms with Gasteiger partial charge in [-0.1, -0.05) is 28.9 Å². The summed E-state index contributed by atoms with van der Waals surface area (Å²) in [5.74, 6) is 0.195. The number of thiophene rings is 1. The molecule has 13 heteroatoms. The van der Waals surface area contributed by atoms with Crippen molar-refractivity contribution in [2.75, 3.05) is 29.9 Å². The predicted octanol–water partition coefficient (Wildman–Crippen LogP) is 6.29. The Kier molecular flexibility index (Phi) is 7.87. The molecule has 0 saturated carbocycles. The summed E-state index contributed by atoms with van der Waals surface area (Å²) < 4.78 is 13.4. The van der Waals surface area contributed by atoms with E-state index in [1.165, 1.54) is 16.2 Å². The van der Waals surface area contributed by atoms with Crippen LogP contribution in [0.15, 0.2) is 71.3 Å². The van der Waals surface area contributed by atoms with E-state index in [9.17, 15) is 14.4 Å². The van der Waals surface area contributed by atoms with Gasteiger partial charge in [0.15, 0.2) is 5.76 Å². The van der Waals surface area contributed by atoms with Crippen molar-refractivity contribution in [3.05, 3.63) is 82.6 Å². The number of carbonyl (C=O) groups excluding carboxylic acids is 3. The molecule has 0 radical (unpaired) electrons. The Morgan fingerprint density at radius 2 is 1.84 bits per heavy atom. The van der Waals surface area contributed by atoms with Crippen LogP contribution in [0.1, 0.15) is 37.1 Å². The second kappa shape index (κ2) is 11.8. The minimum Gasteiger partial charge on any atom is -0.444 e. The lowest BCUT2D eigenvalue weighted by Gasteiger charge is -2.35. The molecule has 6 rings (SSSR count). The fourth-order valence-electron chi connectivity index (χ4n) is 4.86. The SMILES string of the molecule is CC(C)(C)OC(=O)N1CCN(c2ccc(NC(=O)c3nc4ccccc4n3Cc3cc(-c4ccc(Cl)s4)on3)cc2)C(=O)C1. The molecule has 0 aliphatic carbocycles. The van der Waals surface area contributed by atoms with E-state index in [0.717, 1.165) is 10.4 Å². The van der Waals surface area contributed by atoms with Crippen LogP contribution >= 0.6 is 22.9 Å². The topological polar surface area (TPSA) is 123 Å². The maximum atomic E-state index is 13.5. The van der Waals surface area contributed by atoms with E-state index >= 15 is 0 Å². The van der Waals surface area contributed by atoms with E-state index in [0.29, 0.717) is 45.8 Å². The van der Waals surface area contributed by atoms with Crippen molar-refractivity contribution in [3.63, 3.8) is 0 Å². The summed E-state index contributed by atoms with van der Waals surface area (Å²) in [7, 11) is 0. The van der Waals surface area contributed by atoms with Crippen molar-refractivity contribution in [2.45, 2.75) is 32.9 Å². The van der Waals surface area contributed by atoms with Crippen LogP contribution in [-0.2, 0) is 16.1 Å². The Morgan fingerprint density at radius 1 is 1.07 bits per heavy atom. The number of nitrogens with zero attached hydrogens (tertiary/aromatic N) is 5. The smallest absolute Gasteiger partial charge is 0.410 e. The Hall–Kier alpha value is -4.68. The van der Waals surface area contributed by atoms with Crippen molar-refractivity contribution >= 4 is 63.3 Å². The third-order valence-corrected chi connectivity index (χ3v) is 8.11. The van der Waals surface area contributed by atoms with Crippen molar-refractivity contribution in [1.82, 2.24) is 19.6 Å². The standard InChI is InChI=1S/C31H29ClN6O5S/c1-31(2,3)42-30(41)36-14-15-37(27(39)18-36)21-10-8-19(9-11-21)33-29(40)28-34-22-6-4-5-7-23(22)38(28)17-20-16-24(43-35-20)25-12-13-26(32)44-25/h4-13,16H,14-15,17-18H2,1-3H3,(H,33,40). The largest absolute Gasteiger partial charge is 0.444 e. The average Bonchev–Trinajstić information content (AvgIpc) is 3.72. The van der Waals surface area contributed by atoms with Gasteiger partial charge in [-0.15, -0.1) is 11.3 Å². The molecule has 226 valence electrons. The van der Waals surface area contributed by atoms with Gasteiger partial charge < -0.3 is 24.0 Å². The first-order valence-corrected chi connectivity index (χ1v) is 15.1. The normalized spacial score (nSPS) is 13.9. The van der Waals surface area contributed by atoms with Crippen molar-refractivity contribution in [1.29, 1.82) is 0 Å². The van der Waals surface area contributed by atoms with Crippen LogP contribution in [0.25, 0.3) is 21.7 Å². The number of fused-ring (bicyclic) bond motifs is 1. The van der Waals surface area contributed by atoms with Crippen LogP contribution in [-0.4, -0.2) is 62.8 Å². The summed E-state index contributed by atoms with van der Waals surface area (Å²) in [4.78, 5) is 47.2. The highest BCUT2D eigenvalue weighted by atomic mass is 35.5. The molecule has 0 unspecified atom stereocenters. The number of hydrogen-bond acceptors (Lipinski definition) is 8. The molecule has 3 amide bonds. The number of para-hydroxylation sites is 2. The minimum atomic E-state index is -0.638. The van der Waals surface area contributed by atoms with E-state index in [2.05, 4.69) is 15.5 Å². The minimum absolute atomic E-state index is 0.0717. The van der Waals surface area contributed by atoms with Gasteiger partial charge in [0.05, 0.1) is 26.8 Å². The summed E-state index contributed by atoms with van der Waals surface area (Å²) in [6.45, 7) is 6.23. The van der Waals surface area contributed by atoms with Gasteiger partial charge >= 0.3 is 6.09 Å². The number of halogens is 1. The molecule has 1 N–H and O–H groups in total. The Bertz CT molecular complexity index is 1850. The third kappa shape index (κ3) is 6.31. The zero-order chi connectivity index (χ0) is 31.0. The van der Waals surface area contributed by atoms with Crippen LogP contribution in [0, 0.1) is 0 Å².